The van der Waals surface area contributed by atoms with Gasteiger partial charge in [-0.15, -0.1) is 0 Å². The van der Waals surface area contributed by atoms with Crippen molar-refractivity contribution in [2.75, 3.05) is 20.3 Å². The maximum Gasteiger partial charge on any atom is 0.271 e. The minimum absolute atomic E-state index is 0.340. The van der Waals surface area contributed by atoms with Crippen LogP contribution in [0, 0.1) is 0 Å². The molecule has 0 spiro atoms. The zero-order valence-electron chi connectivity index (χ0n) is 21.5. The van der Waals surface area contributed by atoms with Crippen molar-refractivity contribution in [2.45, 2.75) is 13.5 Å². The van der Waals surface area contributed by atoms with E-state index in [0.29, 0.717) is 48.4 Å². The van der Waals surface area contributed by atoms with E-state index in [2.05, 4.69) is 41.4 Å². The molecule has 0 heterocycles. The summed E-state index contributed by atoms with van der Waals surface area (Å²) in [6.45, 7) is 6.69. The number of benzene rings is 4. The van der Waals surface area contributed by atoms with Gasteiger partial charge in [-0.25, -0.2) is 5.43 Å². The Morgan fingerprint density at radius 3 is 2.50 bits per heavy atom. The lowest BCUT2D eigenvalue weighted by Gasteiger charge is -2.13. The summed E-state index contributed by atoms with van der Waals surface area (Å²) in [6.07, 6.45) is 3.18. The van der Waals surface area contributed by atoms with Crippen molar-refractivity contribution in [2.24, 2.45) is 5.10 Å². The van der Waals surface area contributed by atoms with E-state index >= 15 is 0 Å². The number of amides is 1. The molecule has 38 heavy (non-hydrogen) atoms. The molecule has 0 saturated heterocycles. The number of ether oxygens (including phenoxy) is 4. The van der Waals surface area contributed by atoms with E-state index in [1.807, 2.05) is 37.3 Å². The van der Waals surface area contributed by atoms with Gasteiger partial charge in [0.05, 0.1) is 19.9 Å². The fourth-order valence-corrected chi connectivity index (χ4v) is 3.87. The van der Waals surface area contributed by atoms with Gasteiger partial charge in [0.25, 0.3) is 5.91 Å². The molecule has 0 unspecified atom stereocenters. The minimum Gasteiger partial charge on any atom is -0.493 e. The molecule has 0 bridgehead atoms. The van der Waals surface area contributed by atoms with Gasteiger partial charge in [-0.2, -0.15) is 5.10 Å². The number of hydrogen-bond donors (Lipinski definition) is 1. The molecule has 0 atom stereocenters. The highest BCUT2D eigenvalue weighted by Gasteiger charge is 2.12. The van der Waals surface area contributed by atoms with Gasteiger partial charge in [0.15, 0.2) is 23.0 Å². The van der Waals surface area contributed by atoms with Crippen molar-refractivity contribution in [3.8, 4) is 23.0 Å². The highest BCUT2D eigenvalue weighted by molar-refractivity contribution is 5.95. The number of carbonyl (C=O) groups is 1. The second-order valence-corrected chi connectivity index (χ2v) is 8.23. The molecule has 194 valence electrons. The highest BCUT2D eigenvalue weighted by atomic mass is 16.5. The lowest BCUT2D eigenvalue weighted by Crippen LogP contribution is -2.17. The fourth-order valence-electron chi connectivity index (χ4n) is 3.87. The van der Waals surface area contributed by atoms with E-state index in [1.54, 1.807) is 43.7 Å². The Balaban J connectivity index is 1.40. The third-order valence-electron chi connectivity index (χ3n) is 5.69. The molecule has 0 fully saturated rings. The zero-order chi connectivity index (χ0) is 26.7. The van der Waals surface area contributed by atoms with E-state index in [4.69, 9.17) is 18.9 Å². The van der Waals surface area contributed by atoms with Gasteiger partial charge in [-0.1, -0.05) is 55.1 Å². The van der Waals surface area contributed by atoms with Crippen molar-refractivity contribution < 1.29 is 23.7 Å². The van der Waals surface area contributed by atoms with Crippen LogP contribution in [-0.2, 0) is 6.61 Å². The highest BCUT2D eigenvalue weighted by Crippen LogP contribution is 2.30. The Hall–Kier alpha value is -4.78. The monoisotopic (exact) mass is 510 g/mol. The first-order valence-corrected chi connectivity index (χ1v) is 12.2. The number of hydrazone groups is 1. The number of hydrogen-bond acceptors (Lipinski definition) is 6. The van der Waals surface area contributed by atoms with E-state index in [0.717, 1.165) is 16.5 Å². The standard InChI is InChI=1S/C31H30N2O5/c1-4-17-37-28-16-14-24(19-30(28)36-5-2)31(34)33-32-20-22-13-15-27(29(18-22)35-3)38-21-25-11-8-10-23-9-6-7-12-26(23)25/h4,6-16,18-20H,1,5,17,21H2,2-3H3,(H,33,34)/b32-20+. The Morgan fingerprint density at radius 1 is 0.895 bits per heavy atom. The van der Waals surface area contributed by atoms with Gasteiger partial charge in [0.2, 0.25) is 0 Å². The Morgan fingerprint density at radius 2 is 1.68 bits per heavy atom. The Labute approximate surface area is 222 Å². The lowest BCUT2D eigenvalue weighted by atomic mass is 10.1. The van der Waals surface area contributed by atoms with Crippen LogP contribution in [0.3, 0.4) is 0 Å². The van der Waals surface area contributed by atoms with Crippen molar-refractivity contribution >= 4 is 22.9 Å². The fraction of sp³-hybridized carbons (Fsp3) is 0.161. The number of methoxy groups -OCH3 is 1. The maximum absolute atomic E-state index is 12.6. The van der Waals surface area contributed by atoms with Crippen molar-refractivity contribution in [1.29, 1.82) is 0 Å². The largest absolute Gasteiger partial charge is 0.493 e. The van der Waals surface area contributed by atoms with Gasteiger partial charge < -0.3 is 18.9 Å². The molecule has 0 radical (unpaired) electrons. The average molecular weight is 511 g/mol. The summed E-state index contributed by atoms with van der Waals surface area (Å²) in [5.41, 5.74) is 4.76. The smallest absolute Gasteiger partial charge is 0.271 e. The van der Waals surface area contributed by atoms with Crippen molar-refractivity contribution in [3.63, 3.8) is 0 Å². The number of carbonyl (C=O) groups excluding carboxylic acids is 1. The van der Waals surface area contributed by atoms with Gasteiger partial charge in [-0.3, -0.25) is 4.79 Å². The van der Waals surface area contributed by atoms with Crippen LogP contribution < -0.4 is 24.4 Å². The van der Waals surface area contributed by atoms with Crippen LogP contribution in [0.5, 0.6) is 23.0 Å². The van der Waals surface area contributed by atoms with Crippen LogP contribution in [0.1, 0.15) is 28.4 Å². The summed E-state index contributed by atoms with van der Waals surface area (Å²) < 4.78 is 22.8. The van der Waals surface area contributed by atoms with Gasteiger partial charge in [0, 0.05) is 5.56 Å². The molecule has 4 rings (SSSR count). The first-order chi connectivity index (χ1) is 18.6. The number of nitrogens with zero attached hydrogens (tertiary/aromatic N) is 1. The van der Waals surface area contributed by atoms with Crippen LogP contribution in [0.25, 0.3) is 10.8 Å². The molecule has 0 aliphatic rings. The van der Waals surface area contributed by atoms with E-state index in [-0.39, 0.29) is 5.91 Å². The van der Waals surface area contributed by atoms with Gasteiger partial charge in [0.1, 0.15) is 13.2 Å². The zero-order valence-corrected chi connectivity index (χ0v) is 21.5. The summed E-state index contributed by atoms with van der Waals surface area (Å²) in [5.74, 6) is 1.83. The Kier molecular flexibility index (Phi) is 8.97. The van der Waals surface area contributed by atoms with Crippen LogP contribution in [0.15, 0.2) is 96.6 Å². The first kappa shape index (κ1) is 26.3. The summed E-state index contributed by atoms with van der Waals surface area (Å²) in [6, 6.07) is 24.8. The quantitative estimate of drug-likeness (QED) is 0.140. The summed E-state index contributed by atoms with van der Waals surface area (Å²) in [4.78, 5) is 12.6. The van der Waals surface area contributed by atoms with Crippen LogP contribution in [0.4, 0.5) is 0 Å². The van der Waals surface area contributed by atoms with E-state index in [1.165, 1.54) is 5.39 Å². The van der Waals surface area contributed by atoms with Crippen molar-refractivity contribution in [3.05, 3.63) is 108 Å². The lowest BCUT2D eigenvalue weighted by molar-refractivity contribution is 0.0954. The molecule has 0 aromatic heterocycles. The Bertz CT molecular complexity index is 1440. The number of fused-ring (bicyclic) bond motifs is 1. The molecule has 0 aliphatic heterocycles. The summed E-state index contributed by atoms with van der Waals surface area (Å²) >= 11 is 0. The molecule has 1 amide bonds. The average Bonchev–Trinajstić information content (AvgIpc) is 2.95. The molecule has 4 aromatic rings. The molecular formula is C31H30N2O5. The first-order valence-electron chi connectivity index (χ1n) is 12.2. The topological polar surface area (TPSA) is 78.4 Å². The molecule has 4 aromatic carbocycles. The predicted octanol–water partition coefficient (Wildman–Crippen LogP) is 6.15. The van der Waals surface area contributed by atoms with Gasteiger partial charge in [-0.05, 0) is 65.2 Å². The second kappa shape index (κ2) is 13.0. The predicted molar refractivity (Wildman–Crippen MR) is 150 cm³/mol. The minimum atomic E-state index is -0.375. The van der Waals surface area contributed by atoms with Crippen LogP contribution >= 0.6 is 0 Å². The van der Waals surface area contributed by atoms with Crippen LogP contribution in [0.2, 0.25) is 0 Å². The molecule has 7 heteroatoms. The third-order valence-corrected chi connectivity index (χ3v) is 5.69. The maximum atomic E-state index is 12.6. The molecule has 0 aliphatic carbocycles. The number of nitrogens with one attached hydrogen (secondary N) is 1. The summed E-state index contributed by atoms with van der Waals surface area (Å²) in [5, 5.41) is 6.41. The van der Waals surface area contributed by atoms with Crippen molar-refractivity contribution in [1.82, 2.24) is 5.43 Å². The normalized spacial score (nSPS) is 10.8. The molecular weight excluding hydrogens is 480 g/mol. The summed E-state index contributed by atoms with van der Waals surface area (Å²) in [7, 11) is 1.58. The van der Waals surface area contributed by atoms with E-state index in [9.17, 15) is 4.79 Å². The second-order valence-electron chi connectivity index (χ2n) is 8.23. The molecule has 7 nitrogen and oxygen atoms in total. The third kappa shape index (κ3) is 6.50. The number of rotatable bonds is 12. The molecule has 0 saturated carbocycles. The van der Waals surface area contributed by atoms with Crippen LogP contribution in [-0.4, -0.2) is 32.4 Å². The SMILES string of the molecule is C=CCOc1ccc(C(=O)N/N=C/c2ccc(OCc3cccc4ccccc34)c(OC)c2)cc1OCC. The van der Waals surface area contributed by atoms with Gasteiger partial charge >= 0.3 is 0 Å². The van der Waals surface area contributed by atoms with E-state index < -0.39 is 0 Å². The molecule has 1 N–H and O–H groups in total.